The largest absolute Gasteiger partial charge is 0.321 e. The summed E-state index contributed by atoms with van der Waals surface area (Å²) in [5.41, 5.74) is 5.53. The van der Waals surface area contributed by atoms with Crippen LogP contribution in [0.25, 0.3) is 17.3 Å². The third-order valence-corrected chi connectivity index (χ3v) is 9.42. The molecule has 49 heavy (non-hydrogen) atoms. The molecule has 9 heteroatoms. The highest BCUT2D eigenvalue weighted by Crippen LogP contribution is 2.37. The minimum atomic E-state index is -0.553. The molecule has 5 aromatic carbocycles. The van der Waals surface area contributed by atoms with E-state index in [9.17, 15) is 14.4 Å². The number of benzene rings is 5. The molecule has 7 nitrogen and oxygen atoms in total. The number of carbonyl (C=O) groups excluding carboxylic acids is 3. The number of aryl methyl sites for hydroxylation is 1. The van der Waals surface area contributed by atoms with E-state index in [1.54, 1.807) is 42.5 Å². The SMILES string of the molecule is Cc1cccc(/C=C(\NC(=O)c2ccccc2)C(=O)Nc2ccc(SC(C(=O)Nc3nc(-c4ccccc4)cs3)c3ccccc3)cc2)c1. The number of nitrogens with one attached hydrogen (secondary N) is 3. The van der Waals surface area contributed by atoms with Gasteiger partial charge in [0.2, 0.25) is 5.91 Å². The van der Waals surface area contributed by atoms with Gasteiger partial charge in [-0.25, -0.2) is 4.98 Å². The van der Waals surface area contributed by atoms with Crippen LogP contribution in [0.1, 0.15) is 32.3 Å². The normalized spacial score (nSPS) is 11.7. The van der Waals surface area contributed by atoms with Crippen LogP contribution in [0.4, 0.5) is 10.8 Å². The fourth-order valence-electron chi connectivity index (χ4n) is 4.96. The molecule has 1 heterocycles. The molecular weight excluding hydrogens is 649 g/mol. The van der Waals surface area contributed by atoms with Crippen LogP contribution >= 0.6 is 23.1 Å². The van der Waals surface area contributed by atoms with Gasteiger partial charge >= 0.3 is 0 Å². The highest BCUT2D eigenvalue weighted by Gasteiger charge is 2.23. The number of rotatable bonds is 11. The van der Waals surface area contributed by atoms with Crippen LogP contribution in [-0.4, -0.2) is 22.7 Å². The fraction of sp³-hybridized carbons (Fsp3) is 0.0500. The molecule has 3 N–H and O–H groups in total. The monoisotopic (exact) mass is 680 g/mol. The van der Waals surface area contributed by atoms with Crippen molar-refractivity contribution in [3.8, 4) is 11.3 Å². The first kappa shape index (κ1) is 33.1. The molecule has 0 aliphatic rings. The average Bonchev–Trinajstić information content (AvgIpc) is 3.60. The Morgan fingerprint density at radius 2 is 1.43 bits per heavy atom. The van der Waals surface area contributed by atoms with Gasteiger partial charge in [0.1, 0.15) is 10.9 Å². The first-order valence-corrected chi connectivity index (χ1v) is 17.3. The maximum Gasteiger partial charge on any atom is 0.272 e. The summed E-state index contributed by atoms with van der Waals surface area (Å²) in [6, 6.07) is 43.1. The molecule has 0 saturated heterocycles. The molecule has 0 fully saturated rings. The van der Waals surface area contributed by atoms with Crippen LogP contribution in [-0.2, 0) is 9.59 Å². The summed E-state index contributed by atoms with van der Waals surface area (Å²) in [5.74, 6) is -1.05. The highest BCUT2D eigenvalue weighted by molar-refractivity contribution is 8.00. The Bertz CT molecular complexity index is 2080. The molecule has 0 aliphatic carbocycles. The van der Waals surface area contributed by atoms with E-state index in [2.05, 4.69) is 20.9 Å². The number of thiazole rings is 1. The molecular formula is C40H32N4O3S2. The number of hydrogen-bond acceptors (Lipinski definition) is 6. The summed E-state index contributed by atoms with van der Waals surface area (Å²) in [6.45, 7) is 1.96. The zero-order chi connectivity index (χ0) is 34.0. The molecule has 0 spiro atoms. The van der Waals surface area contributed by atoms with Crippen LogP contribution in [0.5, 0.6) is 0 Å². The van der Waals surface area contributed by atoms with E-state index in [0.29, 0.717) is 16.4 Å². The number of amides is 3. The Balaban J connectivity index is 1.17. The Morgan fingerprint density at radius 3 is 2.12 bits per heavy atom. The molecule has 0 aliphatic heterocycles. The van der Waals surface area contributed by atoms with Gasteiger partial charge in [0.25, 0.3) is 11.8 Å². The number of aromatic nitrogens is 1. The van der Waals surface area contributed by atoms with E-state index in [4.69, 9.17) is 0 Å². The van der Waals surface area contributed by atoms with Crippen molar-refractivity contribution in [3.05, 3.63) is 173 Å². The van der Waals surface area contributed by atoms with Crippen molar-refractivity contribution >= 4 is 57.7 Å². The fourth-order valence-corrected chi connectivity index (χ4v) is 6.71. The number of nitrogens with zero attached hydrogens (tertiary/aromatic N) is 1. The number of carbonyl (C=O) groups is 3. The molecule has 1 atom stereocenters. The molecule has 0 radical (unpaired) electrons. The van der Waals surface area contributed by atoms with Gasteiger partial charge in [-0.15, -0.1) is 23.1 Å². The minimum absolute atomic E-state index is 0.108. The Morgan fingerprint density at radius 1 is 0.755 bits per heavy atom. The van der Waals surface area contributed by atoms with E-state index in [-0.39, 0.29) is 17.5 Å². The van der Waals surface area contributed by atoms with Crippen molar-refractivity contribution in [2.24, 2.45) is 0 Å². The van der Waals surface area contributed by atoms with Gasteiger partial charge in [-0.2, -0.15) is 0 Å². The van der Waals surface area contributed by atoms with Crippen LogP contribution in [0.15, 0.2) is 155 Å². The van der Waals surface area contributed by atoms with Gasteiger partial charge < -0.3 is 16.0 Å². The first-order valence-electron chi connectivity index (χ1n) is 15.5. The van der Waals surface area contributed by atoms with Crippen molar-refractivity contribution in [1.82, 2.24) is 10.3 Å². The summed E-state index contributed by atoms with van der Waals surface area (Å²) in [5, 5.41) is 10.6. The van der Waals surface area contributed by atoms with Crippen LogP contribution < -0.4 is 16.0 Å². The van der Waals surface area contributed by atoms with Gasteiger partial charge in [0, 0.05) is 27.1 Å². The van der Waals surface area contributed by atoms with Gasteiger partial charge in [-0.3, -0.25) is 14.4 Å². The van der Waals surface area contributed by atoms with Crippen molar-refractivity contribution < 1.29 is 14.4 Å². The predicted molar refractivity (Wildman–Crippen MR) is 199 cm³/mol. The van der Waals surface area contributed by atoms with E-state index in [1.807, 2.05) is 115 Å². The zero-order valence-electron chi connectivity index (χ0n) is 26.5. The molecule has 1 unspecified atom stereocenters. The summed E-state index contributed by atoms with van der Waals surface area (Å²) in [7, 11) is 0. The second kappa shape index (κ2) is 15.9. The van der Waals surface area contributed by atoms with Crippen molar-refractivity contribution in [2.75, 3.05) is 10.6 Å². The maximum absolute atomic E-state index is 13.6. The zero-order valence-corrected chi connectivity index (χ0v) is 28.1. The third-order valence-electron chi connectivity index (χ3n) is 7.39. The van der Waals surface area contributed by atoms with Crippen molar-refractivity contribution in [3.63, 3.8) is 0 Å². The topological polar surface area (TPSA) is 100 Å². The third kappa shape index (κ3) is 8.98. The van der Waals surface area contributed by atoms with Crippen molar-refractivity contribution in [2.45, 2.75) is 17.1 Å². The number of hydrogen-bond donors (Lipinski definition) is 3. The predicted octanol–water partition coefficient (Wildman–Crippen LogP) is 9.00. The van der Waals surface area contributed by atoms with Crippen LogP contribution in [0.2, 0.25) is 0 Å². The Labute approximate surface area is 293 Å². The molecule has 6 aromatic rings. The second-order valence-electron chi connectivity index (χ2n) is 11.1. The lowest BCUT2D eigenvalue weighted by Gasteiger charge is -2.17. The Kier molecular flexibility index (Phi) is 10.7. The minimum Gasteiger partial charge on any atom is -0.321 e. The lowest BCUT2D eigenvalue weighted by molar-refractivity contribution is -0.116. The number of thioether (sulfide) groups is 1. The van der Waals surface area contributed by atoms with E-state index in [0.717, 1.165) is 32.8 Å². The highest BCUT2D eigenvalue weighted by atomic mass is 32.2. The molecule has 1 aromatic heterocycles. The Hall–Kier alpha value is -5.77. The van der Waals surface area contributed by atoms with Crippen LogP contribution in [0, 0.1) is 6.92 Å². The van der Waals surface area contributed by atoms with Crippen molar-refractivity contribution in [1.29, 1.82) is 0 Å². The average molecular weight is 681 g/mol. The lowest BCUT2D eigenvalue weighted by Crippen LogP contribution is -2.30. The van der Waals surface area contributed by atoms with E-state index >= 15 is 0 Å². The summed E-state index contributed by atoms with van der Waals surface area (Å²) in [4.78, 5) is 45.6. The molecule has 0 bridgehead atoms. The summed E-state index contributed by atoms with van der Waals surface area (Å²) >= 11 is 2.78. The lowest BCUT2D eigenvalue weighted by atomic mass is 10.1. The maximum atomic E-state index is 13.6. The van der Waals surface area contributed by atoms with Gasteiger partial charge in [0.15, 0.2) is 5.13 Å². The molecule has 0 saturated carbocycles. The van der Waals surface area contributed by atoms with Gasteiger partial charge in [0.05, 0.1) is 5.69 Å². The summed E-state index contributed by atoms with van der Waals surface area (Å²) in [6.07, 6.45) is 1.65. The second-order valence-corrected chi connectivity index (χ2v) is 13.1. The van der Waals surface area contributed by atoms with Crippen LogP contribution in [0.3, 0.4) is 0 Å². The van der Waals surface area contributed by atoms with E-state index < -0.39 is 11.2 Å². The van der Waals surface area contributed by atoms with Gasteiger partial charge in [-0.1, -0.05) is 109 Å². The van der Waals surface area contributed by atoms with Gasteiger partial charge in [-0.05, 0) is 60.5 Å². The molecule has 242 valence electrons. The standard InChI is InChI=1S/C40H32N4O3S2/c1-27-12-11-13-28(24-27)25-34(42-37(45)31-18-9-4-10-19-31)38(46)41-32-20-22-33(23-21-32)49-36(30-16-7-3-8-17-30)39(47)44-40-43-35(26-48-40)29-14-5-2-6-15-29/h2-26,36H,1H3,(H,41,46)(H,42,45)(H,43,44,47)/b34-25-. The van der Waals surface area contributed by atoms with E-state index in [1.165, 1.54) is 23.1 Å². The molecule has 3 amide bonds. The molecule has 6 rings (SSSR count). The summed E-state index contributed by atoms with van der Waals surface area (Å²) < 4.78 is 0. The smallest absolute Gasteiger partial charge is 0.272 e. The first-order chi connectivity index (χ1) is 23.9. The quantitative estimate of drug-likeness (QED) is 0.0937. The number of anilines is 2.